The number of aromatic nitrogens is 4. The van der Waals surface area contributed by atoms with Gasteiger partial charge in [0.05, 0.1) is 55.0 Å². The number of aliphatic hydroxyl groups is 1. The second-order valence-corrected chi connectivity index (χ2v) is 10.4. The summed E-state index contributed by atoms with van der Waals surface area (Å²) in [6.07, 6.45) is 5.49. The maximum absolute atomic E-state index is 9.78. The average Bonchev–Trinajstić information content (AvgIpc) is 3.62. The van der Waals surface area contributed by atoms with E-state index >= 15 is 0 Å². The minimum Gasteiger partial charge on any atom is -0.493 e. The van der Waals surface area contributed by atoms with E-state index in [1.807, 2.05) is 29.0 Å². The van der Waals surface area contributed by atoms with Crippen LogP contribution < -0.4 is 24.4 Å². The number of hydrogen-bond acceptors (Lipinski definition) is 10. The van der Waals surface area contributed by atoms with Gasteiger partial charge in [-0.3, -0.25) is 0 Å². The van der Waals surface area contributed by atoms with E-state index in [-0.39, 0.29) is 12.6 Å². The van der Waals surface area contributed by atoms with Crippen LogP contribution in [0.5, 0.6) is 17.2 Å². The Labute approximate surface area is 214 Å². The lowest BCUT2D eigenvalue weighted by Gasteiger charge is -2.23. The molecule has 1 fully saturated rings. The van der Waals surface area contributed by atoms with Gasteiger partial charge in [-0.25, -0.2) is 9.97 Å². The molecular weight excluding hydrogens is 536 g/mol. The fourth-order valence-electron chi connectivity index (χ4n) is 4.26. The maximum Gasteiger partial charge on any atom is 0.229 e. The molecule has 0 unspecified atom stereocenters. The van der Waals surface area contributed by atoms with Gasteiger partial charge in [-0.1, -0.05) is 0 Å². The van der Waals surface area contributed by atoms with Crippen LogP contribution in [0.1, 0.15) is 12.8 Å². The smallest absolute Gasteiger partial charge is 0.229 e. The van der Waals surface area contributed by atoms with Crippen LogP contribution in [-0.4, -0.2) is 65.1 Å². The van der Waals surface area contributed by atoms with Gasteiger partial charge in [0.2, 0.25) is 11.7 Å². The van der Waals surface area contributed by atoms with Gasteiger partial charge in [-0.05, 0) is 34.8 Å². The number of rotatable bonds is 8. The molecule has 0 radical (unpaired) electrons. The summed E-state index contributed by atoms with van der Waals surface area (Å²) in [7, 11) is 4.74. The highest BCUT2D eigenvalue weighted by Gasteiger charge is 2.27. The van der Waals surface area contributed by atoms with Crippen molar-refractivity contribution in [2.75, 3.05) is 44.7 Å². The third-order valence-electron chi connectivity index (χ3n) is 5.97. The normalized spacial score (nSPS) is 15.6. The molecule has 2 N–H and O–H groups in total. The second kappa shape index (κ2) is 9.88. The summed E-state index contributed by atoms with van der Waals surface area (Å²) in [6, 6.07) is 5.73. The van der Waals surface area contributed by atoms with Crippen LogP contribution in [-0.2, 0) is 0 Å². The minimum absolute atomic E-state index is 0.0305. The van der Waals surface area contributed by atoms with Crippen molar-refractivity contribution in [1.82, 2.24) is 19.5 Å². The molecule has 4 aromatic rings. The van der Waals surface area contributed by atoms with Gasteiger partial charge in [0.1, 0.15) is 22.8 Å². The number of methoxy groups -OCH3 is 3. The molecule has 3 aromatic heterocycles. The van der Waals surface area contributed by atoms with Crippen LogP contribution in [0.3, 0.4) is 0 Å². The SMILES string of the molecule is COc1cc(-n2cnc(Nc3nc(N4CCC[C@H]4CO)nc4sc(Br)cc34)c2)cc(OC)c1OC. The van der Waals surface area contributed by atoms with E-state index in [4.69, 9.17) is 24.2 Å². The number of nitrogens with zero attached hydrogens (tertiary/aromatic N) is 5. The Bertz CT molecular complexity index is 1330. The molecular formula is C23H25BrN6O4S. The van der Waals surface area contributed by atoms with Crippen LogP contribution in [0.2, 0.25) is 0 Å². The van der Waals surface area contributed by atoms with E-state index in [2.05, 4.69) is 31.1 Å². The highest BCUT2D eigenvalue weighted by Crippen LogP contribution is 2.40. The zero-order valence-electron chi connectivity index (χ0n) is 19.5. The van der Waals surface area contributed by atoms with Gasteiger partial charge in [0, 0.05) is 18.7 Å². The van der Waals surface area contributed by atoms with Gasteiger partial charge >= 0.3 is 0 Å². The number of benzene rings is 1. The predicted molar refractivity (Wildman–Crippen MR) is 139 cm³/mol. The molecule has 5 rings (SSSR count). The molecule has 1 aliphatic rings. The van der Waals surface area contributed by atoms with E-state index < -0.39 is 0 Å². The van der Waals surface area contributed by atoms with Crippen molar-refractivity contribution in [2.24, 2.45) is 0 Å². The summed E-state index contributed by atoms with van der Waals surface area (Å²) in [4.78, 5) is 17.1. The Balaban J connectivity index is 1.50. The fraction of sp³-hybridized carbons (Fsp3) is 0.348. The third kappa shape index (κ3) is 4.48. The van der Waals surface area contributed by atoms with Crippen LogP contribution in [0.25, 0.3) is 15.9 Å². The summed E-state index contributed by atoms with van der Waals surface area (Å²) in [5.41, 5.74) is 0.801. The van der Waals surface area contributed by atoms with Crippen LogP contribution in [0.4, 0.5) is 17.6 Å². The summed E-state index contributed by atoms with van der Waals surface area (Å²) in [5.74, 6) is 3.52. The summed E-state index contributed by atoms with van der Waals surface area (Å²) >= 11 is 5.11. The lowest BCUT2D eigenvalue weighted by Crippen LogP contribution is -2.33. The number of halogens is 1. The number of fused-ring (bicyclic) bond motifs is 1. The zero-order valence-corrected chi connectivity index (χ0v) is 21.9. The highest BCUT2D eigenvalue weighted by molar-refractivity contribution is 9.11. The number of nitrogens with one attached hydrogen (secondary N) is 1. The first-order chi connectivity index (χ1) is 17.0. The monoisotopic (exact) mass is 560 g/mol. The van der Waals surface area contributed by atoms with Crippen molar-refractivity contribution in [1.29, 1.82) is 0 Å². The van der Waals surface area contributed by atoms with Crippen LogP contribution in [0.15, 0.2) is 34.5 Å². The molecule has 0 bridgehead atoms. The number of ether oxygens (including phenoxy) is 3. The summed E-state index contributed by atoms with van der Waals surface area (Å²) < 4.78 is 19.2. The van der Waals surface area contributed by atoms with Gasteiger partial charge in [-0.2, -0.15) is 4.98 Å². The quantitative estimate of drug-likeness (QED) is 0.324. The molecule has 184 valence electrons. The molecule has 35 heavy (non-hydrogen) atoms. The molecule has 1 saturated heterocycles. The molecule has 1 atom stereocenters. The number of anilines is 3. The van der Waals surface area contributed by atoms with E-state index in [1.54, 1.807) is 39.0 Å². The molecule has 1 aromatic carbocycles. The van der Waals surface area contributed by atoms with Crippen molar-refractivity contribution < 1.29 is 19.3 Å². The van der Waals surface area contributed by atoms with Crippen LogP contribution >= 0.6 is 27.3 Å². The standard InChI is InChI=1S/C23H25BrN6O4S/c1-32-16-7-14(8-17(33-2)20(16)34-3)29-10-19(25-12-29)26-21-15-9-18(24)35-22(15)28-23(27-21)30-6-4-5-13(30)11-31/h7-10,12-13,31H,4-6,11H2,1-3H3,(H,26,27,28)/t13-/m0/s1. The van der Waals surface area contributed by atoms with E-state index in [0.717, 1.165) is 39.1 Å². The Morgan fingerprint density at radius 2 is 1.91 bits per heavy atom. The molecule has 0 amide bonds. The first-order valence-corrected chi connectivity index (χ1v) is 12.6. The molecule has 10 nitrogen and oxygen atoms in total. The first kappa shape index (κ1) is 23.6. The van der Waals surface area contributed by atoms with E-state index in [0.29, 0.717) is 34.8 Å². The predicted octanol–water partition coefficient (Wildman–Crippen LogP) is 4.37. The number of aliphatic hydroxyl groups excluding tert-OH is 1. The molecule has 12 heteroatoms. The summed E-state index contributed by atoms with van der Waals surface area (Å²) in [6.45, 7) is 0.899. The lowest BCUT2D eigenvalue weighted by molar-refractivity contribution is 0.265. The first-order valence-electron chi connectivity index (χ1n) is 11.0. The highest BCUT2D eigenvalue weighted by atomic mass is 79.9. The lowest BCUT2D eigenvalue weighted by atomic mass is 10.2. The van der Waals surface area contributed by atoms with Gasteiger partial charge in [0.15, 0.2) is 11.5 Å². The molecule has 4 heterocycles. The third-order valence-corrected chi connectivity index (χ3v) is 7.50. The molecule has 1 aliphatic heterocycles. The Morgan fingerprint density at radius 1 is 1.14 bits per heavy atom. The maximum atomic E-state index is 9.78. The van der Waals surface area contributed by atoms with Gasteiger partial charge < -0.3 is 34.1 Å². The average molecular weight is 561 g/mol. The molecule has 0 aliphatic carbocycles. The Kier molecular flexibility index (Phi) is 6.67. The molecule has 0 spiro atoms. The fourth-order valence-corrected chi connectivity index (χ4v) is 5.70. The molecule has 0 saturated carbocycles. The largest absolute Gasteiger partial charge is 0.493 e. The number of thiophene rings is 1. The van der Waals surface area contributed by atoms with E-state index in [9.17, 15) is 5.11 Å². The van der Waals surface area contributed by atoms with Crippen molar-refractivity contribution in [3.05, 3.63) is 34.5 Å². The van der Waals surface area contributed by atoms with Gasteiger partial charge in [-0.15, -0.1) is 11.3 Å². The Morgan fingerprint density at radius 3 is 2.60 bits per heavy atom. The summed E-state index contributed by atoms with van der Waals surface area (Å²) in [5, 5.41) is 14.0. The van der Waals surface area contributed by atoms with Crippen molar-refractivity contribution in [2.45, 2.75) is 18.9 Å². The van der Waals surface area contributed by atoms with Crippen molar-refractivity contribution >= 4 is 55.1 Å². The number of imidazole rings is 1. The van der Waals surface area contributed by atoms with E-state index in [1.165, 1.54) is 0 Å². The zero-order chi connectivity index (χ0) is 24.5. The second-order valence-electron chi connectivity index (χ2n) is 7.99. The number of hydrogen-bond donors (Lipinski definition) is 2. The van der Waals surface area contributed by atoms with Crippen molar-refractivity contribution in [3.63, 3.8) is 0 Å². The minimum atomic E-state index is 0.0305. The Hall–Kier alpha value is -3.09. The van der Waals surface area contributed by atoms with Crippen molar-refractivity contribution in [3.8, 4) is 22.9 Å². The topological polar surface area (TPSA) is 107 Å². The van der Waals surface area contributed by atoms with Gasteiger partial charge in [0.25, 0.3) is 0 Å². The van der Waals surface area contributed by atoms with Crippen LogP contribution in [0, 0.1) is 0 Å².